The molecule has 56 heavy (non-hydrogen) atoms. The highest BCUT2D eigenvalue weighted by molar-refractivity contribution is 7.03. The Morgan fingerprint density at radius 3 is 1.41 bits per heavy atom. The average Bonchev–Trinajstić information content (AvgIpc) is 3.76. The maximum atomic E-state index is 2.60. The molecule has 0 radical (unpaired) electrons. The highest BCUT2D eigenvalue weighted by Crippen LogP contribution is 2.45. The number of nitrogens with zero attached hydrogens (tertiary/aromatic N) is 2. The van der Waals surface area contributed by atoms with Crippen LogP contribution in [0.15, 0.2) is 146 Å². The molecule has 7 aromatic rings. The molecule has 1 saturated carbocycles. The minimum absolute atomic E-state index is 0.0805. The van der Waals surface area contributed by atoms with Crippen LogP contribution in [-0.4, -0.2) is 13.4 Å². The van der Waals surface area contributed by atoms with E-state index in [9.17, 15) is 0 Å². The zero-order valence-electron chi connectivity index (χ0n) is 32.5. The van der Waals surface area contributed by atoms with Crippen LogP contribution >= 0.6 is 0 Å². The molecule has 0 unspecified atom stereocenters. The van der Waals surface area contributed by atoms with Crippen LogP contribution < -0.4 is 42.6 Å². The maximum absolute atomic E-state index is 2.60. The van der Waals surface area contributed by atoms with E-state index in [4.69, 9.17) is 0 Å². The molecule has 2 nitrogen and oxygen atoms in total. The van der Waals surface area contributed by atoms with Gasteiger partial charge in [0.05, 0.1) is 0 Å². The maximum Gasteiger partial charge on any atom is 0.248 e. The number of fused-ring (bicyclic) bond motifs is 10. The summed E-state index contributed by atoms with van der Waals surface area (Å²) in [5.74, 6) is 0.679. The van der Waals surface area contributed by atoms with E-state index in [-0.39, 0.29) is 18.8 Å². The normalized spacial score (nSPS) is 15.9. The molecule has 0 aromatic heterocycles. The van der Waals surface area contributed by atoms with Gasteiger partial charge in [0.2, 0.25) is 13.4 Å². The Kier molecular flexibility index (Phi) is 6.90. The van der Waals surface area contributed by atoms with Crippen LogP contribution in [0.3, 0.4) is 0 Å². The third kappa shape index (κ3) is 4.53. The van der Waals surface area contributed by atoms with Crippen molar-refractivity contribution in [2.24, 2.45) is 0 Å². The standard InChI is InChI=1S/C52H44B2N2/c1-52(2,3)35-25-29-37(30-26-35)56-47-22-12-18-41-39-16-8-10-20-43(39)54(51(41)47)45-31-48-44(32-49(45)56)53-42-19-9-7-15-38(42)40-17-11-21-46(50(40)53)55(48)36-27-23-34(24-28-36)33-13-5-4-6-14-33/h7-12,15-33H,4-6,13-14H2,1-3H3. The van der Waals surface area contributed by atoms with E-state index in [0.717, 1.165) is 0 Å². The number of hydrogen-bond acceptors (Lipinski definition) is 2. The Hall–Kier alpha value is -5.73. The lowest BCUT2D eigenvalue weighted by molar-refractivity contribution is 0.443. The van der Waals surface area contributed by atoms with Gasteiger partial charge in [-0.1, -0.05) is 148 Å². The zero-order valence-corrected chi connectivity index (χ0v) is 32.5. The summed E-state index contributed by atoms with van der Waals surface area (Å²) in [6.07, 6.45) is 6.70. The Morgan fingerprint density at radius 2 is 0.911 bits per heavy atom. The summed E-state index contributed by atoms with van der Waals surface area (Å²) >= 11 is 0. The first kappa shape index (κ1) is 32.5. The summed E-state index contributed by atoms with van der Waals surface area (Å²) in [5.41, 5.74) is 24.5. The van der Waals surface area contributed by atoms with Crippen molar-refractivity contribution >= 4 is 80.3 Å². The molecule has 268 valence electrons. The van der Waals surface area contributed by atoms with E-state index in [0.29, 0.717) is 5.92 Å². The smallest absolute Gasteiger partial charge is 0.248 e. The third-order valence-electron chi connectivity index (χ3n) is 13.8. The van der Waals surface area contributed by atoms with Crippen molar-refractivity contribution in [1.82, 2.24) is 0 Å². The molecule has 1 fully saturated rings. The first-order chi connectivity index (χ1) is 27.4. The van der Waals surface area contributed by atoms with Crippen molar-refractivity contribution in [2.75, 3.05) is 9.80 Å². The van der Waals surface area contributed by atoms with Crippen molar-refractivity contribution in [3.8, 4) is 22.3 Å². The lowest BCUT2D eigenvalue weighted by Gasteiger charge is -2.41. The molecule has 12 rings (SSSR count). The predicted octanol–water partition coefficient (Wildman–Crippen LogP) is 9.59. The molecule has 0 bridgehead atoms. The van der Waals surface area contributed by atoms with E-state index in [1.807, 2.05) is 0 Å². The van der Waals surface area contributed by atoms with Gasteiger partial charge in [-0.3, -0.25) is 0 Å². The molecule has 1 aliphatic carbocycles. The molecule has 0 amide bonds. The van der Waals surface area contributed by atoms with Crippen molar-refractivity contribution in [2.45, 2.75) is 64.2 Å². The fourth-order valence-corrected chi connectivity index (χ4v) is 11.2. The van der Waals surface area contributed by atoms with E-state index < -0.39 is 0 Å². The van der Waals surface area contributed by atoms with Gasteiger partial charge in [0.1, 0.15) is 0 Å². The monoisotopic (exact) mass is 718 g/mol. The first-order valence-corrected chi connectivity index (χ1v) is 20.9. The minimum atomic E-state index is 0.0805. The Labute approximate surface area is 332 Å². The highest BCUT2D eigenvalue weighted by atomic mass is 15.2. The van der Waals surface area contributed by atoms with Crippen LogP contribution in [0.4, 0.5) is 34.1 Å². The molecule has 0 N–H and O–H groups in total. The van der Waals surface area contributed by atoms with Crippen LogP contribution in [0, 0.1) is 0 Å². The van der Waals surface area contributed by atoms with E-state index in [1.165, 1.54) is 132 Å². The first-order valence-electron chi connectivity index (χ1n) is 20.9. The second-order valence-electron chi connectivity index (χ2n) is 17.9. The van der Waals surface area contributed by atoms with Gasteiger partial charge in [-0.25, -0.2) is 0 Å². The van der Waals surface area contributed by atoms with Crippen LogP contribution in [-0.2, 0) is 5.41 Å². The quantitative estimate of drug-likeness (QED) is 0.168. The summed E-state index contributed by atoms with van der Waals surface area (Å²) in [7, 11) is 0. The molecule has 0 saturated heterocycles. The summed E-state index contributed by atoms with van der Waals surface area (Å²) in [6.45, 7) is 7.22. The van der Waals surface area contributed by atoms with Gasteiger partial charge < -0.3 is 9.80 Å². The van der Waals surface area contributed by atoms with Gasteiger partial charge in [0.15, 0.2) is 0 Å². The summed E-state index contributed by atoms with van der Waals surface area (Å²) in [6, 6.07) is 56.5. The summed E-state index contributed by atoms with van der Waals surface area (Å²) in [4.78, 5) is 5.18. The molecule has 0 atom stereocenters. The zero-order chi connectivity index (χ0) is 37.3. The molecule has 0 spiro atoms. The highest BCUT2D eigenvalue weighted by Gasteiger charge is 2.47. The summed E-state index contributed by atoms with van der Waals surface area (Å²) in [5, 5.41) is 0. The molecule has 4 heteroatoms. The Morgan fingerprint density at radius 1 is 0.446 bits per heavy atom. The Bertz CT molecular complexity index is 2740. The summed E-state index contributed by atoms with van der Waals surface area (Å²) < 4.78 is 0. The molecule has 5 aliphatic rings. The fraction of sp³-hybridized carbons (Fsp3) is 0.192. The SMILES string of the molecule is CC(C)(C)c1ccc(N2c3cc4c(cc3B3c5ccccc5-c5cccc2c53)N(c2ccc(C3CCCCC3)cc2)c2cccc3c2B4c2ccccc2-3)cc1. The van der Waals surface area contributed by atoms with Crippen molar-refractivity contribution in [1.29, 1.82) is 0 Å². The molecular formula is C52H44B2N2. The van der Waals surface area contributed by atoms with E-state index in [2.05, 4.69) is 176 Å². The minimum Gasteiger partial charge on any atom is -0.312 e. The lowest BCUT2D eigenvalue weighted by atomic mass is 9.34. The van der Waals surface area contributed by atoms with Gasteiger partial charge in [-0.15, -0.1) is 0 Å². The number of anilines is 6. The number of rotatable bonds is 3. The van der Waals surface area contributed by atoms with Crippen molar-refractivity contribution in [3.05, 3.63) is 157 Å². The number of benzene rings is 7. The molecule has 7 aromatic carbocycles. The largest absolute Gasteiger partial charge is 0.312 e. The van der Waals surface area contributed by atoms with Gasteiger partial charge in [-0.2, -0.15) is 0 Å². The van der Waals surface area contributed by atoms with Gasteiger partial charge in [0, 0.05) is 34.1 Å². The molecular weight excluding hydrogens is 674 g/mol. The third-order valence-corrected chi connectivity index (χ3v) is 13.8. The van der Waals surface area contributed by atoms with E-state index >= 15 is 0 Å². The molecule has 4 aliphatic heterocycles. The lowest BCUT2D eigenvalue weighted by Crippen LogP contribution is -2.58. The van der Waals surface area contributed by atoms with Gasteiger partial charge in [0.25, 0.3) is 0 Å². The van der Waals surface area contributed by atoms with Crippen molar-refractivity contribution in [3.63, 3.8) is 0 Å². The van der Waals surface area contributed by atoms with Crippen molar-refractivity contribution < 1.29 is 0 Å². The predicted molar refractivity (Wildman–Crippen MR) is 241 cm³/mol. The Balaban J connectivity index is 1.13. The topological polar surface area (TPSA) is 6.48 Å². The van der Waals surface area contributed by atoms with Crippen LogP contribution in [0.1, 0.15) is 69.9 Å². The van der Waals surface area contributed by atoms with Crippen LogP contribution in [0.25, 0.3) is 22.3 Å². The second-order valence-corrected chi connectivity index (χ2v) is 17.9. The van der Waals surface area contributed by atoms with Gasteiger partial charge in [-0.05, 0) is 128 Å². The number of hydrogen-bond donors (Lipinski definition) is 0. The second kappa shape index (κ2) is 11.9. The molecule has 4 heterocycles. The van der Waals surface area contributed by atoms with Crippen LogP contribution in [0.5, 0.6) is 0 Å². The van der Waals surface area contributed by atoms with Crippen LogP contribution in [0.2, 0.25) is 0 Å². The van der Waals surface area contributed by atoms with Gasteiger partial charge >= 0.3 is 0 Å². The fourth-order valence-electron chi connectivity index (χ4n) is 11.2. The average molecular weight is 719 g/mol. The van der Waals surface area contributed by atoms with E-state index in [1.54, 1.807) is 0 Å².